The van der Waals surface area contributed by atoms with Crippen LogP contribution in [0.4, 0.5) is 0 Å². The van der Waals surface area contributed by atoms with Crippen LogP contribution in [0.2, 0.25) is 0 Å². The van der Waals surface area contributed by atoms with E-state index >= 15 is 0 Å². The van der Waals surface area contributed by atoms with Gasteiger partial charge in [0.2, 0.25) is 5.69 Å². The molecule has 3 aromatic heterocycles. The van der Waals surface area contributed by atoms with Gasteiger partial charge in [-0.15, -0.1) is 11.3 Å². The highest BCUT2D eigenvalue weighted by atomic mass is 32.1. The molecule has 0 saturated carbocycles. The molecule has 0 atom stereocenters. The summed E-state index contributed by atoms with van der Waals surface area (Å²) in [4.78, 5) is 1.21. The zero-order chi connectivity index (χ0) is 11.8. The van der Waals surface area contributed by atoms with E-state index in [0.717, 1.165) is 11.2 Å². The molecule has 3 rings (SSSR count). The number of aromatic nitrogens is 2. The van der Waals surface area contributed by atoms with Gasteiger partial charge >= 0.3 is 0 Å². The van der Waals surface area contributed by atoms with Crippen molar-refractivity contribution < 1.29 is 4.57 Å². The molecule has 0 spiro atoms. The smallest absolute Gasteiger partial charge is 0.246 e. The molecule has 0 radical (unpaired) electrons. The standard InChI is InChI=1S/C13H10N3S/c1-15-6-7-16-10(9-14)4-5-11(16)13(15)12-3-2-8-17-12/h2-8H,1H3/q+1. The fraction of sp³-hybridized carbons (Fsp3) is 0.0769. The molecule has 0 amide bonds. The first-order chi connectivity index (χ1) is 8.31. The maximum atomic E-state index is 9.04. The molecule has 0 bridgehead atoms. The van der Waals surface area contributed by atoms with E-state index in [0.29, 0.717) is 5.69 Å². The molecule has 4 heteroatoms. The first-order valence-electron chi connectivity index (χ1n) is 5.25. The minimum atomic E-state index is 0.665. The Labute approximate surface area is 103 Å². The molecule has 0 unspecified atom stereocenters. The zero-order valence-corrected chi connectivity index (χ0v) is 10.1. The molecule has 3 aromatic rings. The molecule has 0 aliphatic heterocycles. The van der Waals surface area contributed by atoms with Crippen LogP contribution in [0.1, 0.15) is 5.69 Å². The second-order valence-corrected chi connectivity index (χ2v) is 4.77. The molecule has 0 aliphatic carbocycles. The van der Waals surface area contributed by atoms with E-state index in [9.17, 15) is 0 Å². The quantitative estimate of drug-likeness (QED) is 0.601. The Hall–Kier alpha value is -2.12. The Balaban J connectivity index is 2.41. The van der Waals surface area contributed by atoms with Crippen LogP contribution in [-0.2, 0) is 7.05 Å². The lowest BCUT2D eigenvalue weighted by Crippen LogP contribution is -2.31. The second kappa shape index (κ2) is 3.72. The predicted octanol–water partition coefficient (Wildman–Crippen LogP) is 2.36. The summed E-state index contributed by atoms with van der Waals surface area (Å²) >= 11 is 1.70. The average molecular weight is 240 g/mol. The summed E-state index contributed by atoms with van der Waals surface area (Å²) in [6.45, 7) is 0. The Morgan fingerprint density at radius 1 is 1.35 bits per heavy atom. The van der Waals surface area contributed by atoms with Crippen LogP contribution in [0, 0.1) is 11.3 Å². The summed E-state index contributed by atoms with van der Waals surface area (Å²) in [5.41, 5.74) is 2.87. The number of fused-ring (bicyclic) bond motifs is 1. The molecule has 17 heavy (non-hydrogen) atoms. The zero-order valence-electron chi connectivity index (χ0n) is 9.29. The third kappa shape index (κ3) is 1.44. The molecule has 0 aromatic carbocycles. The van der Waals surface area contributed by atoms with E-state index in [1.54, 1.807) is 11.3 Å². The second-order valence-electron chi connectivity index (χ2n) is 3.82. The summed E-state index contributed by atoms with van der Waals surface area (Å²) in [6.07, 6.45) is 3.90. The molecule has 0 aliphatic rings. The van der Waals surface area contributed by atoms with Gasteiger partial charge in [0, 0.05) is 0 Å². The average Bonchev–Trinajstić information content (AvgIpc) is 2.96. The van der Waals surface area contributed by atoms with E-state index in [4.69, 9.17) is 5.26 Å². The van der Waals surface area contributed by atoms with Crippen molar-refractivity contribution in [2.75, 3.05) is 0 Å². The maximum Gasteiger partial charge on any atom is 0.246 e. The van der Waals surface area contributed by atoms with Crippen molar-refractivity contribution >= 4 is 16.9 Å². The summed E-state index contributed by atoms with van der Waals surface area (Å²) < 4.78 is 4.01. The maximum absolute atomic E-state index is 9.04. The fourth-order valence-electron chi connectivity index (χ4n) is 2.03. The fourth-order valence-corrected chi connectivity index (χ4v) is 2.85. The van der Waals surface area contributed by atoms with Crippen LogP contribution in [0.5, 0.6) is 0 Å². The van der Waals surface area contributed by atoms with Gasteiger partial charge in [0.15, 0.2) is 6.20 Å². The van der Waals surface area contributed by atoms with Gasteiger partial charge in [0.05, 0.1) is 6.20 Å². The lowest BCUT2D eigenvalue weighted by Gasteiger charge is -2.01. The molecule has 0 fully saturated rings. The number of thiophene rings is 1. The Bertz CT molecular complexity index is 717. The van der Waals surface area contributed by atoms with Crippen LogP contribution in [0.15, 0.2) is 42.0 Å². The van der Waals surface area contributed by atoms with Crippen molar-refractivity contribution in [3.05, 3.63) is 47.7 Å². The number of nitrogens with zero attached hydrogens (tertiary/aromatic N) is 3. The van der Waals surface area contributed by atoms with Gasteiger partial charge in [0.25, 0.3) is 0 Å². The lowest BCUT2D eigenvalue weighted by molar-refractivity contribution is -0.659. The molecule has 0 N–H and O–H groups in total. The number of aryl methyl sites for hydroxylation is 1. The summed E-state index contributed by atoms with van der Waals surface area (Å²) in [7, 11) is 2.02. The van der Waals surface area contributed by atoms with Gasteiger partial charge < -0.3 is 0 Å². The predicted molar refractivity (Wildman–Crippen MR) is 66.6 cm³/mol. The summed E-state index contributed by atoms with van der Waals surface area (Å²) in [6, 6.07) is 10.2. The van der Waals surface area contributed by atoms with Crippen molar-refractivity contribution in [1.82, 2.24) is 4.40 Å². The highest BCUT2D eigenvalue weighted by Gasteiger charge is 2.17. The highest BCUT2D eigenvalue weighted by molar-refractivity contribution is 7.13. The van der Waals surface area contributed by atoms with Gasteiger partial charge in [-0.05, 0) is 23.6 Å². The van der Waals surface area contributed by atoms with Crippen LogP contribution < -0.4 is 4.57 Å². The number of hydrogen-bond acceptors (Lipinski definition) is 2. The topological polar surface area (TPSA) is 32.1 Å². The van der Waals surface area contributed by atoms with E-state index in [-0.39, 0.29) is 0 Å². The Morgan fingerprint density at radius 3 is 2.94 bits per heavy atom. The van der Waals surface area contributed by atoms with Crippen molar-refractivity contribution in [3.8, 4) is 16.6 Å². The van der Waals surface area contributed by atoms with E-state index in [2.05, 4.69) is 22.1 Å². The first kappa shape index (κ1) is 10.1. The summed E-state index contributed by atoms with van der Waals surface area (Å²) in [5, 5.41) is 11.1. The van der Waals surface area contributed by atoms with Gasteiger partial charge in [-0.3, -0.25) is 4.40 Å². The number of hydrogen-bond donors (Lipinski definition) is 0. The van der Waals surface area contributed by atoms with Crippen molar-refractivity contribution in [2.45, 2.75) is 0 Å². The largest absolute Gasteiger partial charge is 0.296 e. The molecular formula is C13H10N3S+. The van der Waals surface area contributed by atoms with E-state index in [1.807, 2.05) is 42.0 Å². The molecule has 82 valence electrons. The lowest BCUT2D eigenvalue weighted by atomic mass is 10.3. The first-order valence-corrected chi connectivity index (χ1v) is 6.13. The summed E-state index contributed by atoms with van der Waals surface area (Å²) in [5.74, 6) is 0. The van der Waals surface area contributed by atoms with E-state index < -0.39 is 0 Å². The molecule has 3 heterocycles. The molecule has 0 saturated heterocycles. The number of rotatable bonds is 1. The van der Waals surface area contributed by atoms with Crippen molar-refractivity contribution in [3.63, 3.8) is 0 Å². The minimum Gasteiger partial charge on any atom is -0.296 e. The van der Waals surface area contributed by atoms with Gasteiger partial charge in [0.1, 0.15) is 29.2 Å². The highest BCUT2D eigenvalue weighted by Crippen LogP contribution is 2.26. The van der Waals surface area contributed by atoms with Gasteiger partial charge in [-0.1, -0.05) is 6.07 Å². The SMILES string of the molecule is C[n+]1ccn2c(C#N)ccc2c1-c1cccs1. The van der Waals surface area contributed by atoms with Gasteiger partial charge in [-0.25, -0.2) is 0 Å². The van der Waals surface area contributed by atoms with Crippen LogP contribution >= 0.6 is 11.3 Å². The normalized spacial score (nSPS) is 10.6. The Morgan fingerprint density at radius 2 is 2.24 bits per heavy atom. The third-order valence-corrected chi connectivity index (χ3v) is 3.70. The number of nitriles is 1. The minimum absolute atomic E-state index is 0.665. The van der Waals surface area contributed by atoms with Gasteiger partial charge in [-0.2, -0.15) is 9.83 Å². The van der Waals surface area contributed by atoms with Crippen molar-refractivity contribution in [1.29, 1.82) is 5.26 Å². The molecular weight excluding hydrogens is 230 g/mol. The monoisotopic (exact) mass is 240 g/mol. The van der Waals surface area contributed by atoms with Crippen LogP contribution in [0.3, 0.4) is 0 Å². The van der Waals surface area contributed by atoms with Crippen molar-refractivity contribution in [2.24, 2.45) is 7.05 Å². The Kier molecular flexibility index (Phi) is 2.20. The van der Waals surface area contributed by atoms with Crippen LogP contribution in [0.25, 0.3) is 16.1 Å². The van der Waals surface area contributed by atoms with E-state index in [1.165, 1.54) is 4.88 Å². The molecule has 3 nitrogen and oxygen atoms in total. The van der Waals surface area contributed by atoms with Crippen LogP contribution in [-0.4, -0.2) is 4.40 Å². The third-order valence-electron chi connectivity index (χ3n) is 2.82.